The third-order valence-electron chi connectivity index (χ3n) is 6.73. The van der Waals surface area contributed by atoms with Crippen LogP contribution in [0.5, 0.6) is 0 Å². The van der Waals surface area contributed by atoms with Gasteiger partial charge in [0.1, 0.15) is 11.6 Å². The van der Waals surface area contributed by atoms with Crippen LogP contribution >= 0.6 is 35.0 Å². The van der Waals surface area contributed by atoms with Crippen LogP contribution < -0.4 is 10.9 Å². The number of aromatic nitrogens is 3. The fourth-order valence-corrected chi connectivity index (χ4v) is 5.73. The number of nitrogens with one attached hydrogen (secondary N) is 3. The first-order valence-corrected chi connectivity index (χ1v) is 14.8. The number of para-hydroxylation sites is 1. The number of hydrogen-bond acceptors (Lipinski definition) is 5. The van der Waals surface area contributed by atoms with E-state index >= 15 is 0 Å². The maximum Gasteiger partial charge on any atom is 0.270 e. The van der Waals surface area contributed by atoms with Crippen LogP contribution in [-0.2, 0) is 5.75 Å². The summed E-state index contributed by atoms with van der Waals surface area (Å²) >= 11 is 13.3. The van der Waals surface area contributed by atoms with Gasteiger partial charge in [0, 0.05) is 39.2 Å². The summed E-state index contributed by atoms with van der Waals surface area (Å²) in [5, 5.41) is 14.8. The van der Waals surface area contributed by atoms with Crippen molar-refractivity contribution in [2.45, 2.75) is 10.9 Å². The van der Waals surface area contributed by atoms with Crippen LogP contribution in [0.4, 0.5) is 5.69 Å². The first-order chi connectivity index (χ1) is 20.9. The number of benzene rings is 4. The van der Waals surface area contributed by atoms with Crippen LogP contribution in [0.15, 0.2) is 107 Å². The Morgan fingerprint density at radius 1 is 0.884 bits per heavy atom. The Morgan fingerprint density at radius 3 is 2.51 bits per heavy atom. The van der Waals surface area contributed by atoms with Crippen molar-refractivity contribution in [3.63, 3.8) is 0 Å². The highest BCUT2D eigenvalue weighted by atomic mass is 35.5. The lowest BCUT2D eigenvalue weighted by molar-refractivity contribution is 0.102. The summed E-state index contributed by atoms with van der Waals surface area (Å²) in [4.78, 5) is 36.4. The van der Waals surface area contributed by atoms with E-state index in [-0.39, 0.29) is 11.5 Å². The zero-order chi connectivity index (χ0) is 29.9. The van der Waals surface area contributed by atoms with Crippen molar-refractivity contribution in [3.05, 3.63) is 134 Å². The number of H-pyrrole nitrogens is 2. The molecule has 0 radical (unpaired) electrons. The third-order valence-corrected chi connectivity index (χ3v) is 8.41. The van der Waals surface area contributed by atoms with E-state index in [1.54, 1.807) is 18.2 Å². The summed E-state index contributed by atoms with van der Waals surface area (Å²) in [5.74, 6) is 0.139. The van der Waals surface area contributed by atoms with Gasteiger partial charge in [-0.25, -0.2) is 4.98 Å². The lowest BCUT2D eigenvalue weighted by Gasteiger charge is -2.10. The minimum absolute atomic E-state index is 0.0508. The van der Waals surface area contributed by atoms with Crippen LogP contribution in [0.3, 0.4) is 0 Å². The number of amides is 1. The van der Waals surface area contributed by atoms with E-state index in [4.69, 9.17) is 23.2 Å². The van der Waals surface area contributed by atoms with Gasteiger partial charge in [0.15, 0.2) is 5.16 Å². The van der Waals surface area contributed by atoms with E-state index < -0.39 is 5.56 Å². The number of hydrogen-bond donors (Lipinski definition) is 3. The summed E-state index contributed by atoms with van der Waals surface area (Å²) in [6.07, 6.45) is 0. The Kier molecular flexibility index (Phi) is 8.03. The minimum atomic E-state index is -0.506. The van der Waals surface area contributed by atoms with E-state index in [1.165, 1.54) is 17.8 Å². The van der Waals surface area contributed by atoms with Crippen molar-refractivity contribution in [2.24, 2.45) is 0 Å². The first kappa shape index (κ1) is 28.3. The van der Waals surface area contributed by atoms with Crippen molar-refractivity contribution >= 4 is 57.5 Å². The van der Waals surface area contributed by atoms with Gasteiger partial charge in [0.05, 0.1) is 15.7 Å². The lowest BCUT2D eigenvalue weighted by Crippen LogP contribution is -2.14. The number of aromatic amines is 2. The standard InChI is InChI=1S/C33H21Cl2N5O2S/c34-26-12-11-23(15-27(26)35)31(41)37-24-9-3-5-19(13-24)18-43-33-39-30(25(17-36)32(42)40-33)22-8-4-7-20(14-22)29-16-21-6-1-2-10-28(21)38-29/h1-16,38H,18H2,(H,37,41)(H,39,40,42). The Labute approximate surface area is 260 Å². The van der Waals surface area contributed by atoms with E-state index in [0.717, 1.165) is 27.7 Å². The second kappa shape index (κ2) is 12.2. The number of nitriles is 1. The van der Waals surface area contributed by atoms with Crippen LogP contribution in [0.1, 0.15) is 21.5 Å². The monoisotopic (exact) mass is 621 g/mol. The molecule has 0 atom stereocenters. The molecule has 6 rings (SSSR count). The largest absolute Gasteiger partial charge is 0.355 e. The molecule has 0 bridgehead atoms. The van der Waals surface area contributed by atoms with Crippen molar-refractivity contribution < 1.29 is 4.79 Å². The number of nitrogens with zero attached hydrogens (tertiary/aromatic N) is 2. The molecule has 0 saturated carbocycles. The van der Waals surface area contributed by atoms with Crippen molar-refractivity contribution in [1.82, 2.24) is 15.0 Å². The molecular weight excluding hydrogens is 601 g/mol. The van der Waals surface area contributed by atoms with Gasteiger partial charge in [-0.2, -0.15) is 5.26 Å². The molecule has 210 valence electrons. The van der Waals surface area contributed by atoms with Crippen LogP contribution in [0.2, 0.25) is 10.0 Å². The fraction of sp³-hybridized carbons (Fsp3) is 0.0303. The molecule has 0 saturated heterocycles. The van der Waals surface area contributed by atoms with Crippen molar-refractivity contribution in [1.29, 1.82) is 5.26 Å². The van der Waals surface area contributed by atoms with Gasteiger partial charge < -0.3 is 15.3 Å². The molecule has 6 aromatic rings. The molecule has 1 amide bonds. The Balaban J connectivity index is 1.23. The summed E-state index contributed by atoms with van der Waals surface area (Å²) in [7, 11) is 0. The van der Waals surface area contributed by atoms with E-state index in [2.05, 4.69) is 26.3 Å². The van der Waals surface area contributed by atoms with Gasteiger partial charge in [0.2, 0.25) is 0 Å². The average molecular weight is 623 g/mol. The number of rotatable bonds is 7. The van der Waals surface area contributed by atoms with Gasteiger partial charge >= 0.3 is 0 Å². The minimum Gasteiger partial charge on any atom is -0.355 e. The molecule has 10 heteroatoms. The van der Waals surface area contributed by atoms with Crippen LogP contribution in [-0.4, -0.2) is 20.9 Å². The number of anilines is 1. The molecule has 0 fully saturated rings. The molecule has 0 aliphatic heterocycles. The maximum absolute atomic E-state index is 12.9. The third kappa shape index (κ3) is 6.20. The molecule has 0 aliphatic carbocycles. The zero-order valence-corrected chi connectivity index (χ0v) is 24.6. The van der Waals surface area contributed by atoms with Gasteiger partial charge in [0.25, 0.3) is 11.5 Å². The molecule has 2 aromatic heterocycles. The summed E-state index contributed by atoms with van der Waals surface area (Å²) < 4.78 is 0. The number of carbonyl (C=O) groups excluding carboxylic acids is 1. The zero-order valence-electron chi connectivity index (χ0n) is 22.3. The van der Waals surface area contributed by atoms with Gasteiger partial charge in [-0.05, 0) is 59.7 Å². The average Bonchev–Trinajstić information content (AvgIpc) is 3.46. The van der Waals surface area contributed by atoms with E-state index in [1.807, 2.05) is 72.8 Å². The number of halogens is 2. The predicted molar refractivity (Wildman–Crippen MR) is 173 cm³/mol. The molecule has 0 unspecified atom stereocenters. The van der Waals surface area contributed by atoms with Crippen LogP contribution in [0, 0.1) is 11.3 Å². The molecule has 0 spiro atoms. The lowest BCUT2D eigenvalue weighted by atomic mass is 10.0. The molecule has 4 aromatic carbocycles. The van der Waals surface area contributed by atoms with E-state index in [9.17, 15) is 14.9 Å². The molecule has 0 aliphatic rings. The molecule has 2 heterocycles. The second-order valence-corrected chi connectivity index (χ2v) is 11.4. The Bertz CT molecular complexity index is 2080. The number of carbonyl (C=O) groups is 1. The fourth-order valence-electron chi connectivity index (χ4n) is 4.63. The second-order valence-electron chi connectivity index (χ2n) is 9.63. The normalized spacial score (nSPS) is 10.9. The highest BCUT2D eigenvalue weighted by Gasteiger charge is 2.16. The smallest absolute Gasteiger partial charge is 0.270 e. The van der Waals surface area contributed by atoms with Gasteiger partial charge in [-0.1, -0.05) is 83.5 Å². The number of fused-ring (bicyclic) bond motifs is 1. The quantitative estimate of drug-likeness (QED) is 0.122. The van der Waals surface area contributed by atoms with Crippen LogP contribution in [0.25, 0.3) is 33.4 Å². The highest BCUT2D eigenvalue weighted by Crippen LogP contribution is 2.30. The first-order valence-electron chi connectivity index (χ1n) is 13.1. The highest BCUT2D eigenvalue weighted by molar-refractivity contribution is 7.98. The maximum atomic E-state index is 12.9. The summed E-state index contributed by atoms with van der Waals surface area (Å²) in [6.45, 7) is 0. The molecule has 7 nitrogen and oxygen atoms in total. The SMILES string of the molecule is N#Cc1c(-c2cccc(-c3cc4ccccc4[nH]3)c2)nc(SCc2cccc(NC(=O)c3ccc(Cl)c(Cl)c3)c2)[nH]c1=O. The topological polar surface area (TPSA) is 114 Å². The molecule has 43 heavy (non-hydrogen) atoms. The molecular formula is C33H21Cl2N5O2S. The summed E-state index contributed by atoms with van der Waals surface area (Å²) in [5.41, 5.74) is 5.15. The van der Waals surface area contributed by atoms with Gasteiger partial charge in [-0.15, -0.1) is 0 Å². The van der Waals surface area contributed by atoms with Crippen molar-refractivity contribution in [3.8, 4) is 28.6 Å². The Morgan fingerprint density at radius 2 is 1.70 bits per heavy atom. The molecule has 3 N–H and O–H groups in total. The number of thioether (sulfide) groups is 1. The summed E-state index contributed by atoms with van der Waals surface area (Å²) in [6, 6.07) is 31.7. The van der Waals surface area contributed by atoms with E-state index in [0.29, 0.717) is 43.5 Å². The van der Waals surface area contributed by atoms with Gasteiger partial charge in [-0.3, -0.25) is 9.59 Å². The Hall–Kier alpha value is -4.81. The van der Waals surface area contributed by atoms with Crippen molar-refractivity contribution in [2.75, 3.05) is 5.32 Å². The predicted octanol–water partition coefficient (Wildman–Crippen LogP) is 8.31.